The van der Waals surface area contributed by atoms with Crippen molar-refractivity contribution in [2.24, 2.45) is 0 Å². The van der Waals surface area contributed by atoms with E-state index in [1.807, 2.05) is 36.4 Å². The lowest BCUT2D eigenvalue weighted by atomic mass is 10.0. The number of H-pyrrole nitrogens is 1. The van der Waals surface area contributed by atoms with Gasteiger partial charge in [-0.1, -0.05) is 24.3 Å². The fourth-order valence-electron chi connectivity index (χ4n) is 3.18. The molecule has 7 heteroatoms. The zero-order valence-corrected chi connectivity index (χ0v) is 15.9. The molecule has 4 aromatic rings. The molecule has 7 nitrogen and oxygen atoms in total. The maximum absolute atomic E-state index is 12.5. The number of aromatic nitrogens is 3. The van der Waals surface area contributed by atoms with Crippen LogP contribution in [0.2, 0.25) is 0 Å². The van der Waals surface area contributed by atoms with Gasteiger partial charge < -0.3 is 15.0 Å². The number of nitrogens with one attached hydrogen (secondary N) is 2. The summed E-state index contributed by atoms with van der Waals surface area (Å²) in [6.45, 7) is 2.01. The summed E-state index contributed by atoms with van der Waals surface area (Å²) in [5.74, 6) is 0.0223. The predicted molar refractivity (Wildman–Crippen MR) is 111 cm³/mol. The minimum absolute atomic E-state index is 0.209. The van der Waals surface area contributed by atoms with E-state index >= 15 is 0 Å². The number of aryl methyl sites for hydroxylation is 1. The topological polar surface area (TPSA) is 97.0 Å². The van der Waals surface area contributed by atoms with E-state index in [1.54, 1.807) is 25.3 Å². The van der Waals surface area contributed by atoms with Crippen LogP contribution in [0.25, 0.3) is 21.9 Å². The lowest BCUT2D eigenvalue weighted by Gasteiger charge is -2.12. The highest BCUT2D eigenvalue weighted by molar-refractivity contribution is 6.05. The Morgan fingerprint density at radius 2 is 1.90 bits per heavy atom. The van der Waals surface area contributed by atoms with Gasteiger partial charge in [0.25, 0.3) is 0 Å². The van der Waals surface area contributed by atoms with Gasteiger partial charge in [0, 0.05) is 19.0 Å². The van der Waals surface area contributed by atoms with Crippen molar-refractivity contribution >= 4 is 39.5 Å². The van der Waals surface area contributed by atoms with E-state index in [2.05, 4.69) is 20.3 Å². The third kappa shape index (κ3) is 4.08. The Hall–Kier alpha value is -3.74. The second kappa shape index (κ2) is 8.10. The summed E-state index contributed by atoms with van der Waals surface area (Å²) in [6, 6.07) is 14.9. The lowest BCUT2D eigenvalue weighted by Crippen LogP contribution is -2.16. The minimum atomic E-state index is -0.461. The number of amides is 1. The molecule has 0 spiro atoms. The molecule has 2 aromatic heterocycles. The van der Waals surface area contributed by atoms with Gasteiger partial charge in [0.2, 0.25) is 5.91 Å². The second-order valence-corrected chi connectivity index (χ2v) is 6.57. The number of esters is 1. The smallest absolute Gasteiger partial charge is 0.340 e. The normalized spacial score (nSPS) is 10.9. The molecule has 0 aliphatic heterocycles. The third-order valence-corrected chi connectivity index (χ3v) is 4.55. The van der Waals surface area contributed by atoms with Crippen molar-refractivity contribution in [1.29, 1.82) is 0 Å². The molecule has 0 radical (unpaired) electrons. The van der Waals surface area contributed by atoms with Gasteiger partial charge in [-0.2, -0.15) is 0 Å². The Morgan fingerprint density at radius 3 is 2.66 bits per heavy atom. The van der Waals surface area contributed by atoms with Gasteiger partial charge in [-0.05, 0) is 42.0 Å². The van der Waals surface area contributed by atoms with Crippen molar-refractivity contribution in [3.8, 4) is 0 Å². The molecule has 0 atom stereocenters. The van der Waals surface area contributed by atoms with E-state index in [4.69, 9.17) is 4.74 Å². The van der Waals surface area contributed by atoms with Gasteiger partial charge in [0.1, 0.15) is 5.82 Å². The number of aromatic amines is 1. The molecule has 4 rings (SSSR count). The Morgan fingerprint density at radius 1 is 1.10 bits per heavy atom. The van der Waals surface area contributed by atoms with E-state index in [9.17, 15) is 9.59 Å². The van der Waals surface area contributed by atoms with Crippen molar-refractivity contribution in [2.45, 2.75) is 19.8 Å². The van der Waals surface area contributed by atoms with Crippen LogP contribution in [0.1, 0.15) is 29.5 Å². The Bertz CT molecular complexity index is 1170. The number of nitrogens with zero attached hydrogens (tertiary/aromatic N) is 2. The molecular weight excluding hydrogens is 368 g/mol. The molecule has 1 amide bonds. The van der Waals surface area contributed by atoms with Crippen LogP contribution < -0.4 is 5.32 Å². The van der Waals surface area contributed by atoms with E-state index in [1.165, 1.54) is 0 Å². The van der Waals surface area contributed by atoms with Gasteiger partial charge in [-0.3, -0.25) is 4.79 Å². The quantitative estimate of drug-likeness (QED) is 0.489. The van der Waals surface area contributed by atoms with Crippen molar-refractivity contribution in [2.75, 3.05) is 11.9 Å². The molecule has 0 aliphatic carbocycles. The summed E-state index contributed by atoms with van der Waals surface area (Å²) in [4.78, 5) is 36.6. The van der Waals surface area contributed by atoms with Crippen LogP contribution in [0.4, 0.5) is 5.69 Å². The highest BCUT2D eigenvalue weighted by Crippen LogP contribution is 2.25. The van der Waals surface area contributed by atoms with Gasteiger partial charge in [-0.15, -0.1) is 0 Å². The Labute approximate surface area is 167 Å². The first-order valence-corrected chi connectivity index (χ1v) is 9.43. The number of carbonyl (C=O) groups excluding carboxylic acids is 2. The summed E-state index contributed by atoms with van der Waals surface area (Å²) >= 11 is 0. The van der Waals surface area contributed by atoms with Gasteiger partial charge in [0.15, 0.2) is 5.65 Å². The van der Waals surface area contributed by atoms with Crippen LogP contribution in [0, 0.1) is 0 Å². The third-order valence-electron chi connectivity index (χ3n) is 4.55. The van der Waals surface area contributed by atoms with E-state index < -0.39 is 5.97 Å². The number of rotatable bonds is 6. The highest BCUT2D eigenvalue weighted by Gasteiger charge is 2.16. The molecule has 0 saturated carbocycles. The molecule has 2 N–H and O–H groups in total. The monoisotopic (exact) mass is 388 g/mol. The maximum Gasteiger partial charge on any atom is 0.340 e. The first kappa shape index (κ1) is 18.6. The molecule has 2 aromatic carbocycles. The average Bonchev–Trinajstić information content (AvgIpc) is 3.15. The summed E-state index contributed by atoms with van der Waals surface area (Å²) in [5.41, 5.74) is 2.24. The molecule has 0 fully saturated rings. The largest absolute Gasteiger partial charge is 0.462 e. The van der Waals surface area contributed by atoms with E-state index in [-0.39, 0.29) is 18.9 Å². The first-order chi connectivity index (χ1) is 14.1. The highest BCUT2D eigenvalue weighted by atomic mass is 16.5. The molecule has 0 aliphatic rings. The molecule has 0 bridgehead atoms. The standard InChI is InChI=1S/C22H20N4O3/c1-2-29-22(28)16-12-14-6-3-4-7-15(14)13-18(16)25-20(27)10-9-19-24-17-8-5-11-23-21(17)26-19/h3-8,11-13H,2,9-10H2,1H3,(H,25,27)(H,23,24,26). The number of carbonyl (C=O) groups is 2. The minimum Gasteiger partial charge on any atom is -0.462 e. The molecule has 0 unspecified atom stereocenters. The van der Waals surface area contributed by atoms with E-state index in [0.29, 0.717) is 29.1 Å². The number of benzene rings is 2. The molecule has 0 saturated heterocycles. The summed E-state index contributed by atoms with van der Waals surface area (Å²) in [7, 11) is 0. The molecule has 2 heterocycles. The van der Waals surface area contributed by atoms with Crippen LogP contribution in [0.5, 0.6) is 0 Å². The first-order valence-electron chi connectivity index (χ1n) is 9.43. The molecule has 29 heavy (non-hydrogen) atoms. The second-order valence-electron chi connectivity index (χ2n) is 6.57. The van der Waals surface area contributed by atoms with Gasteiger partial charge in [-0.25, -0.2) is 14.8 Å². The van der Waals surface area contributed by atoms with Crippen LogP contribution >= 0.6 is 0 Å². The summed E-state index contributed by atoms with van der Waals surface area (Å²) < 4.78 is 5.15. The fourth-order valence-corrected chi connectivity index (χ4v) is 3.18. The van der Waals surface area contributed by atoms with Crippen LogP contribution in [-0.2, 0) is 16.0 Å². The number of imidazole rings is 1. The number of ether oxygens (including phenoxy) is 1. The zero-order chi connectivity index (χ0) is 20.2. The van der Waals surface area contributed by atoms with Crippen molar-refractivity contribution in [1.82, 2.24) is 15.0 Å². The van der Waals surface area contributed by atoms with Crippen molar-refractivity contribution < 1.29 is 14.3 Å². The number of pyridine rings is 1. The van der Waals surface area contributed by atoms with Crippen LogP contribution in [0.15, 0.2) is 54.7 Å². The van der Waals surface area contributed by atoms with Gasteiger partial charge in [0.05, 0.1) is 23.4 Å². The average molecular weight is 388 g/mol. The fraction of sp³-hybridized carbons (Fsp3) is 0.182. The molecule has 146 valence electrons. The van der Waals surface area contributed by atoms with Crippen molar-refractivity contribution in [3.05, 3.63) is 66.1 Å². The predicted octanol–water partition coefficient (Wildman–Crippen LogP) is 3.86. The SMILES string of the molecule is CCOC(=O)c1cc2ccccc2cc1NC(=O)CCc1nc2ncccc2[nH]1. The molecular formula is C22H20N4O3. The zero-order valence-electron chi connectivity index (χ0n) is 15.9. The van der Waals surface area contributed by atoms with Crippen molar-refractivity contribution in [3.63, 3.8) is 0 Å². The number of hydrogen-bond acceptors (Lipinski definition) is 5. The number of fused-ring (bicyclic) bond motifs is 2. The number of hydrogen-bond donors (Lipinski definition) is 2. The van der Waals surface area contributed by atoms with Crippen LogP contribution in [0.3, 0.4) is 0 Å². The Balaban J connectivity index is 1.53. The van der Waals surface area contributed by atoms with Crippen LogP contribution in [-0.4, -0.2) is 33.4 Å². The van der Waals surface area contributed by atoms with E-state index in [0.717, 1.165) is 16.3 Å². The number of anilines is 1. The summed E-state index contributed by atoms with van der Waals surface area (Å²) in [5, 5.41) is 4.68. The Kier molecular flexibility index (Phi) is 5.20. The maximum atomic E-state index is 12.5. The summed E-state index contributed by atoms with van der Waals surface area (Å²) in [6.07, 6.45) is 2.33. The lowest BCUT2D eigenvalue weighted by molar-refractivity contribution is -0.116. The van der Waals surface area contributed by atoms with Gasteiger partial charge >= 0.3 is 5.97 Å².